The molecule has 0 spiro atoms. The van der Waals surface area contributed by atoms with Gasteiger partial charge in [0.2, 0.25) is 0 Å². The van der Waals surface area contributed by atoms with Gasteiger partial charge in [0.25, 0.3) is 11.6 Å². The summed E-state index contributed by atoms with van der Waals surface area (Å²) in [7, 11) is 1.62. The van der Waals surface area contributed by atoms with Crippen molar-refractivity contribution in [1.82, 2.24) is 9.88 Å². The molecule has 0 fully saturated rings. The first-order valence-corrected chi connectivity index (χ1v) is 5.66. The molecule has 7 nitrogen and oxygen atoms in total. The van der Waals surface area contributed by atoms with E-state index in [1.807, 2.05) is 13.8 Å². The summed E-state index contributed by atoms with van der Waals surface area (Å²) < 4.78 is 0. The van der Waals surface area contributed by atoms with Crippen molar-refractivity contribution in [3.8, 4) is 0 Å². The van der Waals surface area contributed by atoms with E-state index in [0.717, 1.165) is 6.20 Å². The van der Waals surface area contributed by atoms with E-state index < -0.39 is 4.92 Å². The molecule has 1 aromatic rings. The van der Waals surface area contributed by atoms with Crippen molar-refractivity contribution < 1.29 is 9.72 Å². The highest BCUT2D eigenvalue weighted by atomic mass is 16.6. The molecule has 7 heteroatoms. The number of anilines is 1. The lowest BCUT2D eigenvalue weighted by atomic mass is 10.2. The zero-order chi connectivity index (χ0) is 13.7. The van der Waals surface area contributed by atoms with Crippen molar-refractivity contribution in [1.29, 1.82) is 0 Å². The molecule has 18 heavy (non-hydrogen) atoms. The van der Waals surface area contributed by atoms with Crippen molar-refractivity contribution in [2.75, 3.05) is 25.5 Å². The van der Waals surface area contributed by atoms with Crippen LogP contribution in [0.15, 0.2) is 12.3 Å². The van der Waals surface area contributed by atoms with E-state index in [2.05, 4.69) is 10.3 Å². The molecule has 0 aromatic carbocycles. The average molecular weight is 252 g/mol. The van der Waals surface area contributed by atoms with Crippen LogP contribution >= 0.6 is 0 Å². The predicted molar refractivity (Wildman–Crippen MR) is 67.7 cm³/mol. The Kier molecular flexibility index (Phi) is 4.59. The third-order valence-corrected chi connectivity index (χ3v) is 2.60. The highest BCUT2D eigenvalue weighted by Crippen LogP contribution is 2.20. The summed E-state index contributed by atoms with van der Waals surface area (Å²) >= 11 is 0. The Morgan fingerprint density at radius 2 is 2.11 bits per heavy atom. The molecule has 0 atom stereocenters. The number of hydrogen-bond donors (Lipinski definition) is 1. The van der Waals surface area contributed by atoms with E-state index in [9.17, 15) is 14.9 Å². The van der Waals surface area contributed by atoms with E-state index in [1.54, 1.807) is 11.9 Å². The summed E-state index contributed by atoms with van der Waals surface area (Å²) in [6.45, 7) is 4.79. The summed E-state index contributed by atoms with van der Waals surface area (Å²) in [5.41, 5.74) is 0.0277. The summed E-state index contributed by atoms with van der Waals surface area (Å²) in [6, 6.07) is 1.25. The smallest absolute Gasteiger partial charge is 0.288 e. The van der Waals surface area contributed by atoms with Gasteiger partial charge in [0.15, 0.2) is 0 Å². The fraction of sp³-hybridized carbons (Fsp3) is 0.455. The number of hydrogen-bond acceptors (Lipinski definition) is 5. The van der Waals surface area contributed by atoms with Crippen LogP contribution in [0.4, 0.5) is 11.5 Å². The van der Waals surface area contributed by atoms with E-state index in [1.165, 1.54) is 6.07 Å². The van der Waals surface area contributed by atoms with Crippen molar-refractivity contribution in [3.05, 3.63) is 27.9 Å². The van der Waals surface area contributed by atoms with Gasteiger partial charge in [0, 0.05) is 26.2 Å². The lowest BCUT2D eigenvalue weighted by Crippen LogP contribution is -2.31. The van der Waals surface area contributed by atoms with Crippen LogP contribution < -0.4 is 5.32 Å². The fourth-order valence-corrected chi connectivity index (χ4v) is 1.60. The van der Waals surface area contributed by atoms with Crippen molar-refractivity contribution >= 4 is 17.4 Å². The maximum Gasteiger partial charge on any atom is 0.288 e. The van der Waals surface area contributed by atoms with Crippen molar-refractivity contribution in [2.45, 2.75) is 13.8 Å². The molecule has 0 bridgehead atoms. The third kappa shape index (κ3) is 2.73. The van der Waals surface area contributed by atoms with Crippen LogP contribution in [0.3, 0.4) is 0 Å². The Hall–Kier alpha value is -2.18. The predicted octanol–water partition coefficient (Wildman–Crippen LogP) is 1.51. The van der Waals surface area contributed by atoms with Crippen molar-refractivity contribution in [2.24, 2.45) is 0 Å². The van der Waals surface area contributed by atoms with Gasteiger partial charge in [-0.3, -0.25) is 14.9 Å². The molecule has 1 amide bonds. The number of carbonyl (C=O) groups excluding carboxylic acids is 1. The molecular formula is C11H16N4O3. The number of nitro groups is 1. The SMILES string of the molecule is CCN(CC)C(=O)c1cc([N+](=O)[O-])cnc1NC. The highest BCUT2D eigenvalue weighted by Gasteiger charge is 2.20. The molecule has 0 saturated heterocycles. The van der Waals surface area contributed by atoms with Gasteiger partial charge in [-0.05, 0) is 13.8 Å². The molecule has 0 aliphatic heterocycles. The number of aromatic nitrogens is 1. The van der Waals surface area contributed by atoms with E-state index in [4.69, 9.17) is 0 Å². The van der Waals surface area contributed by atoms with Crippen LogP contribution in [-0.2, 0) is 0 Å². The lowest BCUT2D eigenvalue weighted by molar-refractivity contribution is -0.385. The van der Waals surface area contributed by atoms with E-state index in [0.29, 0.717) is 18.9 Å². The minimum atomic E-state index is -0.564. The molecule has 1 aromatic heterocycles. The Labute approximate surface area is 105 Å². The molecule has 98 valence electrons. The molecule has 1 heterocycles. The molecule has 0 aliphatic rings. The van der Waals surface area contributed by atoms with Gasteiger partial charge in [0.05, 0.1) is 10.5 Å². The molecule has 1 N–H and O–H groups in total. The van der Waals surface area contributed by atoms with Crippen LogP contribution in [0.25, 0.3) is 0 Å². The standard InChI is InChI=1S/C11H16N4O3/c1-4-14(5-2)11(16)9-6-8(15(17)18)7-13-10(9)12-3/h6-7H,4-5H2,1-3H3,(H,12,13). The number of rotatable bonds is 5. The number of pyridine rings is 1. The van der Waals surface area contributed by atoms with Crippen molar-refractivity contribution in [3.63, 3.8) is 0 Å². The zero-order valence-corrected chi connectivity index (χ0v) is 10.6. The first kappa shape index (κ1) is 13.9. The molecule has 0 unspecified atom stereocenters. The summed E-state index contributed by atoms with van der Waals surface area (Å²) in [5, 5.41) is 13.5. The minimum absolute atomic E-state index is 0.190. The minimum Gasteiger partial charge on any atom is -0.372 e. The Morgan fingerprint density at radius 3 is 2.56 bits per heavy atom. The zero-order valence-electron chi connectivity index (χ0n) is 10.6. The highest BCUT2D eigenvalue weighted by molar-refractivity contribution is 5.99. The normalized spacial score (nSPS) is 9.94. The first-order valence-electron chi connectivity index (χ1n) is 5.66. The van der Waals surface area contributed by atoms with Gasteiger partial charge in [-0.15, -0.1) is 0 Å². The second kappa shape index (κ2) is 5.95. The van der Waals surface area contributed by atoms with Crippen LogP contribution in [0.5, 0.6) is 0 Å². The first-order chi connectivity index (χ1) is 8.54. The number of nitrogens with zero attached hydrogens (tertiary/aromatic N) is 3. The van der Waals surface area contributed by atoms with E-state index in [-0.39, 0.29) is 17.2 Å². The maximum atomic E-state index is 12.2. The van der Waals surface area contributed by atoms with E-state index >= 15 is 0 Å². The van der Waals surface area contributed by atoms with Gasteiger partial charge in [-0.25, -0.2) is 4.98 Å². The second-order valence-electron chi connectivity index (χ2n) is 3.57. The summed E-state index contributed by atoms with van der Waals surface area (Å²) in [6.07, 6.45) is 1.13. The lowest BCUT2D eigenvalue weighted by Gasteiger charge is -2.19. The molecule has 0 aliphatic carbocycles. The number of nitrogens with one attached hydrogen (secondary N) is 1. The van der Waals surface area contributed by atoms with Crippen LogP contribution in [0.2, 0.25) is 0 Å². The monoisotopic (exact) mass is 252 g/mol. The Balaban J connectivity index is 3.23. The summed E-state index contributed by atoms with van der Waals surface area (Å²) in [5.74, 6) is 0.0815. The largest absolute Gasteiger partial charge is 0.372 e. The Morgan fingerprint density at radius 1 is 1.50 bits per heavy atom. The fourth-order valence-electron chi connectivity index (χ4n) is 1.60. The molecule has 0 radical (unpaired) electrons. The quantitative estimate of drug-likeness (QED) is 0.634. The molecule has 0 saturated carbocycles. The maximum absolute atomic E-state index is 12.2. The van der Waals surface area contributed by atoms with Crippen LogP contribution in [-0.4, -0.2) is 40.9 Å². The van der Waals surface area contributed by atoms with Crippen LogP contribution in [0, 0.1) is 10.1 Å². The topological polar surface area (TPSA) is 88.4 Å². The van der Waals surface area contributed by atoms with Crippen LogP contribution in [0.1, 0.15) is 24.2 Å². The number of amides is 1. The van der Waals surface area contributed by atoms with Gasteiger partial charge < -0.3 is 10.2 Å². The van der Waals surface area contributed by atoms with Gasteiger partial charge in [-0.1, -0.05) is 0 Å². The second-order valence-corrected chi connectivity index (χ2v) is 3.57. The Bertz CT molecular complexity index is 458. The molecule has 1 rings (SSSR count). The van der Waals surface area contributed by atoms with Gasteiger partial charge in [-0.2, -0.15) is 0 Å². The number of carbonyl (C=O) groups is 1. The summed E-state index contributed by atoms with van der Waals surface area (Å²) in [4.78, 5) is 27.8. The molecular weight excluding hydrogens is 236 g/mol. The van der Waals surface area contributed by atoms with Gasteiger partial charge >= 0.3 is 0 Å². The third-order valence-electron chi connectivity index (χ3n) is 2.60. The average Bonchev–Trinajstić information content (AvgIpc) is 2.39. The van der Waals surface area contributed by atoms with Gasteiger partial charge in [0.1, 0.15) is 12.0 Å².